The molecule has 1 atom stereocenters. The Morgan fingerprint density at radius 3 is 2.62 bits per heavy atom. The van der Waals surface area contributed by atoms with Crippen LogP contribution in [0.3, 0.4) is 0 Å². The number of guanidine groups is 1. The molecule has 0 radical (unpaired) electrons. The van der Waals surface area contributed by atoms with Crippen LogP contribution in [0.5, 0.6) is 0 Å². The lowest BCUT2D eigenvalue weighted by Gasteiger charge is -2.48. The van der Waals surface area contributed by atoms with Crippen molar-refractivity contribution >= 4 is 5.96 Å². The topological polar surface area (TPSA) is 48.9 Å². The average Bonchev–Trinajstić information content (AvgIpc) is 3.03. The Balaban J connectivity index is 1.39. The standard InChI is InChI=1S/C16H30N4O/c1-17-15(18-8-9-20-10-12-21-13-11-20)19-14-4-7-16(14)5-2-3-6-16/h14H,2-13H2,1H3,(H2,17,18,19). The van der Waals surface area contributed by atoms with E-state index in [9.17, 15) is 0 Å². The third kappa shape index (κ3) is 3.51. The SMILES string of the molecule is CN=C(NCCN1CCOCC1)NC1CCC12CCCC2. The molecule has 2 saturated carbocycles. The van der Waals surface area contributed by atoms with E-state index in [0.717, 1.165) is 45.4 Å². The molecule has 3 rings (SSSR count). The van der Waals surface area contributed by atoms with Crippen LogP contribution in [-0.4, -0.2) is 63.3 Å². The van der Waals surface area contributed by atoms with Crippen LogP contribution in [0.1, 0.15) is 38.5 Å². The Bertz CT molecular complexity index is 359. The molecule has 0 aromatic heterocycles. The van der Waals surface area contributed by atoms with Gasteiger partial charge in [-0.15, -0.1) is 0 Å². The second kappa shape index (κ2) is 6.97. The largest absolute Gasteiger partial charge is 0.379 e. The van der Waals surface area contributed by atoms with E-state index in [1.54, 1.807) is 0 Å². The summed E-state index contributed by atoms with van der Waals surface area (Å²) in [6.07, 6.45) is 8.38. The van der Waals surface area contributed by atoms with Crippen LogP contribution in [0.15, 0.2) is 4.99 Å². The molecule has 1 spiro atoms. The van der Waals surface area contributed by atoms with Gasteiger partial charge in [0, 0.05) is 39.3 Å². The van der Waals surface area contributed by atoms with Crippen molar-refractivity contribution in [3.05, 3.63) is 0 Å². The molecule has 0 amide bonds. The van der Waals surface area contributed by atoms with E-state index in [2.05, 4.69) is 20.5 Å². The van der Waals surface area contributed by atoms with Crippen LogP contribution in [0.25, 0.3) is 0 Å². The number of ether oxygens (including phenoxy) is 1. The first-order chi connectivity index (χ1) is 10.3. The highest BCUT2D eigenvalue weighted by Crippen LogP contribution is 2.53. The first-order valence-corrected chi connectivity index (χ1v) is 8.60. The molecule has 5 heteroatoms. The summed E-state index contributed by atoms with van der Waals surface area (Å²) in [5.74, 6) is 0.985. The summed E-state index contributed by atoms with van der Waals surface area (Å²) in [5, 5.41) is 7.15. The zero-order valence-electron chi connectivity index (χ0n) is 13.4. The molecule has 1 unspecified atom stereocenters. The molecule has 3 aliphatic rings. The second-order valence-corrected chi connectivity index (χ2v) is 6.76. The number of nitrogens with zero attached hydrogens (tertiary/aromatic N) is 2. The van der Waals surface area contributed by atoms with Crippen molar-refractivity contribution in [2.75, 3.05) is 46.4 Å². The maximum Gasteiger partial charge on any atom is 0.191 e. The fourth-order valence-corrected chi connectivity index (χ4v) is 4.12. The van der Waals surface area contributed by atoms with Gasteiger partial charge in [0.05, 0.1) is 13.2 Å². The van der Waals surface area contributed by atoms with E-state index < -0.39 is 0 Å². The summed E-state index contributed by atoms with van der Waals surface area (Å²) in [6.45, 7) is 5.88. The van der Waals surface area contributed by atoms with E-state index in [-0.39, 0.29) is 0 Å². The minimum atomic E-state index is 0.599. The molecule has 1 aliphatic heterocycles. The van der Waals surface area contributed by atoms with Gasteiger partial charge in [-0.3, -0.25) is 9.89 Å². The van der Waals surface area contributed by atoms with Crippen molar-refractivity contribution in [2.45, 2.75) is 44.6 Å². The van der Waals surface area contributed by atoms with Crippen LogP contribution in [0, 0.1) is 5.41 Å². The van der Waals surface area contributed by atoms with Crippen molar-refractivity contribution in [1.82, 2.24) is 15.5 Å². The van der Waals surface area contributed by atoms with Gasteiger partial charge >= 0.3 is 0 Å². The molecule has 1 heterocycles. The fraction of sp³-hybridized carbons (Fsp3) is 0.938. The maximum absolute atomic E-state index is 5.38. The van der Waals surface area contributed by atoms with Gasteiger partial charge in [0.15, 0.2) is 5.96 Å². The molecule has 3 fully saturated rings. The summed E-state index contributed by atoms with van der Waals surface area (Å²) >= 11 is 0. The minimum absolute atomic E-state index is 0.599. The van der Waals surface area contributed by atoms with Gasteiger partial charge in [-0.05, 0) is 31.1 Å². The smallest absolute Gasteiger partial charge is 0.191 e. The molecule has 21 heavy (non-hydrogen) atoms. The van der Waals surface area contributed by atoms with Crippen molar-refractivity contribution in [3.63, 3.8) is 0 Å². The van der Waals surface area contributed by atoms with Crippen LogP contribution < -0.4 is 10.6 Å². The Morgan fingerprint density at radius 2 is 2.00 bits per heavy atom. The monoisotopic (exact) mass is 294 g/mol. The Labute approximate surface area is 128 Å². The van der Waals surface area contributed by atoms with Crippen molar-refractivity contribution in [2.24, 2.45) is 10.4 Å². The van der Waals surface area contributed by atoms with Crippen molar-refractivity contribution in [3.8, 4) is 0 Å². The zero-order chi connectivity index (χ0) is 14.5. The molecule has 0 aromatic carbocycles. The minimum Gasteiger partial charge on any atom is -0.379 e. The number of hydrogen-bond acceptors (Lipinski definition) is 3. The van der Waals surface area contributed by atoms with Crippen LogP contribution >= 0.6 is 0 Å². The molecular weight excluding hydrogens is 264 g/mol. The highest BCUT2D eigenvalue weighted by molar-refractivity contribution is 5.80. The van der Waals surface area contributed by atoms with Crippen molar-refractivity contribution in [1.29, 1.82) is 0 Å². The molecular formula is C16H30N4O. The highest BCUT2D eigenvalue weighted by atomic mass is 16.5. The Kier molecular flexibility index (Phi) is 5.01. The lowest BCUT2D eigenvalue weighted by atomic mass is 9.63. The summed E-state index contributed by atoms with van der Waals surface area (Å²) in [7, 11) is 1.88. The zero-order valence-corrected chi connectivity index (χ0v) is 13.4. The molecule has 0 bridgehead atoms. The summed E-state index contributed by atoms with van der Waals surface area (Å²) in [6, 6.07) is 0.648. The molecule has 1 saturated heterocycles. The van der Waals surface area contributed by atoms with E-state index in [1.807, 2.05) is 7.05 Å². The maximum atomic E-state index is 5.38. The van der Waals surface area contributed by atoms with E-state index in [4.69, 9.17) is 4.74 Å². The number of morpholine rings is 1. The Morgan fingerprint density at radius 1 is 1.24 bits per heavy atom. The Hall–Kier alpha value is -0.810. The van der Waals surface area contributed by atoms with Crippen LogP contribution in [0.2, 0.25) is 0 Å². The average molecular weight is 294 g/mol. The lowest BCUT2D eigenvalue weighted by Crippen LogP contribution is -2.57. The summed E-state index contributed by atoms with van der Waals surface area (Å²) in [5.41, 5.74) is 0.599. The molecule has 120 valence electrons. The van der Waals surface area contributed by atoms with Gasteiger partial charge < -0.3 is 15.4 Å². The van der Waals surface area contributed by atoms with Gasteiger partial charge in [-0.2, -0.15) is 0 Å². The third-order valence-electron chi connectivity index (χ3n) is 5.63. The molecule has 5 nitrogen and oxygen atoms in total. The lowest BCUT2D eigenvalue weighted by molar-refractivity contribution is 0.0388. The fourth-order valence-electron chi connectivity index (χ4n) is 4.12. The number of rotatable bonds is 4. The number of nitrogens with one attached hydrogen (secondary N) is 2. The summed E-state index contributed by atoms with van der Waals surface area (Å²) in [4.78, 5) is 6.85. The molecule has 2 aliphatic carbocycles. The predicted molar refractivity (Wildman–Crippen MR) is 85.7 cm³/mol. The van der Waals surface area contributed by atoms with E-state index in [0.29, 0.717) is 11.5 Å². The first-order valence-electron chi connectivity index (χ1n) is 8.60. The van der Waals surface area contributed by atoms with Gasteiger partial charge in [0.1, 0.15) is 0 Å². The van der Waals surface area contributed by atoms with Gasteiger partial charge in [-0.25, -0.2) is 0 Å². The van der Waals surface area contributed by atoms with Gasteiger partial charge in [-0.1, -0.05) is 12.8 Å². The quantitative estimate of drug-likeness (QED) is 0.604. The second-order valence-electron chi connectivity index (χ2n) is 6.76. The van der Waals surface area contributed by atoms with Crippen LogP contribution in [0.4, 0.5) is 0 Å². The first kappa shape index (κ1) is 15.1. The van der Waals surface area contributed by atoms with Gasteiger partial charge in [0.2, 0.25) is 0 Å². The third-order valence-corrected chi connectivity index (χ3v) is 5.63. The van der Waals surface area contributed by atoms with E-state index in [1.165, 1.54) is 38.5 Å². The van der Waals surface area contributed by atoms with Gasteiger partial charge in [0.25, 0.3) is 0 Å². The summed E-state index contributed by atoms with van der Waals surface area (Å²) < 4.78 is 5.38. The van der Waals surface area contributed by atoms with Crippen LogP contribution in [-0.2, 0) is 4.74 Å². The highest BCUT2D eigenvalue weighted by Gasteiger charge is 2.48. The molecule has 2 N–H and O–H groups in total. The predicted octanol–water partition coefficient (Wildman–Crippen LogP) is 1.21. The molecule has 0 aromatic rings. The normalized spacial score (nSPS) is 29.4. The van der Waals surface area contributed by atoms with E-state index >= 15 is 0 Å². The number of hydrogen-bond donors (Lipinski definition) is 2. The number of aliphatic imine (C=N–C) groups is 1. The van der Waals surface area contributed by atoms with Crippen molar-refractivity contribution < 1.29 is 4.74 Å².